The van der Waals surface area contributed by atoms with Crippen molar-refractivity contribution in [3.63, 3.8) is 0 Å². The maximum atomic E-state index is 14.5. The molecule has 7 atom stereocenters. The third-order valence-electron chi connectivity index (χ3n) is 12.2. The van der Waals surface area contributed by atoms with Crippen LogP contribution in [0.1, 0.15) is 88.7 Å². The molecular weight excluding hydrogens is 917 g/mol. The highest BCUT2D eigenvalue weighted by atomic mass is 16.3. The number of nitrogens with one attached hydrogen (secondary N) is 7. The Morgan fingerprint density at radius 3 is 2.18 bits per heavy atom. The molecule has 1 aromatic heterocycles. The van der Waals surface area contributed by atoms with Gasteiger partial charge in [0.2, 0.25) is 41.4 Å². The molecule has 16 N–H and O–H groups in total. The number of carbonyl (C=O) groups excluding carboxylic acids is 9. The number of aromatic nitrogens is 1. The average Bonchev–Trinajstić information content (AvgIpc) is 3.74. The summed E-state index contributed by atoms with van der Waals surface area (Å²) in [6.07, 6.45) is 2.61. The summed E-state index contributed by atoms with van der Waals surface area (Å²) in [5.74, 6) is -8.64. The molecule has 1 aliphatic heterocycles. The predicted octanol–water partition coefficient (Wildman–Crippen LogP) is -1.10. The number of aliphatic hydroxyl groups is 1. The molecule has 4 rings (SSSR count). The van der Waals surface area contributed by atoms with E-state index in [4.69, 9.17) is 22.9 Å². The molecule has 0 bridgehead atoms. The van der Waals surface area contributed by atoms with Gasteiger partial charge in [-0.1, -0.05) is 55.0 Å². The number of amides is 7. The van der Waals surface area contributed by atoms with E-state index >= 15 is 0 Å². The molecule has 0 aliphatic carbocycles. The van der Waals surface area contributed by atoms with Crippen LogP contribution < -0.4 is 54.8 Å². The zero-order valence-electron chi connectivity index (χ0n) is 40.2. The normalized spacial score (nSPS) is 22.0. The highest BCUT2D eigenvalue weighted by Gasteiger charge is 2.35. The molecule has 1 aliphatic rings. The van der Waals surface area contributed by atoms with Gasteiger partial charge in [0, 0.05) is 61.8 Å². The number of nitrogens with zero attached hydrogens (tertiary/aromatic N) is 1. The summed E-state index contributed by atoms with van der Waals surface area (Å²) in [5.41, 5.74) is 24.6. The lowest BCUT2D eigenvalue weighted by Gasteiger charge is -2.26. The van der Waals surface area contributed by atoms with E-state index in [0.717, 1.165) is 16.5 Å². The van der Waals surface area contributed by atoms with Crippen LogP contribution in [0, 0.1) is 11.8 Å². The van der Waals surface area contributed by atoms with Gasteiger partial charge in [-0.3, -0.25) is 48.1 Å². The van der Waals surface area contributed by atoms with Gasteiger partial charge in [0.15, 0.2) is 11.7 Å². The number of aliphatic hydroxyl groups excluding tert-OH is 1. The van der Waals surface area contributed by atoms with Crippen molar-refractivity contribution >= 4 is 69.8 Å². The first-order valence-corrected chi connectivity index (χ1v) is 24.0. The van der Waals surface area contributed by atoms with Gasteiger partial charge in [-0.2, -0.15) is 0 Å². The zero-order valence-corrected chi connectivity index (χ0v) is 40.2. The number of primary amides is 1. The molecule has 386 valence electrons. The summed E-state index contributed by atoms with van der Waals surface area (Å²) in [5, 5.41) is 26.8. The molecule has 1 saturated heterocycles. The number of aliphatic imine (C=N–C) groups is 1. The molecule has 22 nitrogen and oxygen atoms in total. The van der Waals surface area contributed by atoms with E-state index in [9.17, 15) is 48.3 Å². The van der Waals surface area contributed by atoms with Gasteiger partial charge in [-0.05, 0) is 81.5 Å². The molecule has 1 fully saturated rings. The minimum Gasteiger partial charge on any atom is -0.394 e. The fourth-order valence-electron chi connectivity index (χ4n) is 8.40. The summed E-state index contributed by atoms with van der Waals surface area (Å²) in [6.45, 7) is 0.679. The maximum absolute atomic E-state index is 14.5. The third kappa shape index (κ3) is 18.9. The molecule has 7 amide bonds. The quantitative estimate of drug-likeness (QED) is 0.0435. The van der Waals surface area contributed by atoms with Gasteiger partial charge in [0.05, 0.1) is 19.1 Å². The SMILES string of the molecule is CC(=O)N[C@@H](CCCN=C(N)N)C(=O)N[C@H]1CC(=O)NCCCC[C@@H](C(N)=O)NC(=O)[C@H](Cc2c[nH]c3ccccc23)CC(=O)[C@H](CCCCN)CC(=O)[C@@H](Cc2ccccc2)NC(=O)[C@H](CO)NC1=O. The number of para-hydroxylation sites is 1. The fraction of sp³-hybridized carbons (Fsp3) is 0.510. The number of H-pyrrole nitrogens is 1. The van der Waals surface area contributed by atoms with E-state index in [1.54, 1.807) is 36.5 Å². The van der Waals surface area contributed by atoms with Crippen molar-refractivity contribution in [2.45, 2.75) is 121 Å². The predicted molar refractivity (Wildman–Crippen MR) is 264 cm³/mol. The maximum Gasteiger partial charge on any atom is 0.245 e. The van der Waals surface area contributed by atoms with Gasteiger partial charge >= 0.3 is 0 Å². The van der Waals surface area contributed by atoms with Crippen LogP contribution in [0.3, 0.4) is 0 Å². The lowest BCUT2D eigenvalue weighted by Crippen LogP contribution is -2.59. The Balaban J connectivity index is 1.72. The van der Waals surface area contributed by atoms with E-state index in [1.807, 2.05) is 24.3 Å². The van der Waals surface area contributed by atoms with Gasteiger partial charge in [0.25, 0.3) is 0 Å². The molecule has 2 aromatic carbocycles. The van der Waals surface area contributed by atoms with E-state index in [2.05, 4.69) is 41.9 Å². The van der Waals surface area contributed by atoms with Crippen LogP contribution in [-0.4, -0.2) is 125 Å². The number of nitrogens with two attached hydrogens (primary N) is 4. The minimum atomic E-state index is -1.70. The van der Waals surface area contributed by atoms with E-state index in [1.165, 1.54) is 6.92 Å². The second-order valence-corrected chi connectivity index (χ2v) is 17.9. The van der Waals surface area contributed by atoms with Crippen LogP contribution in [0.2, 0.25) is 0 Å². The number of hydrogen-bond acceptors (Lipinski definition) is 12. The van der Waals surface area contributed by atoms with Gasteiger partial charge in [-0.15, -0.1) is 0 Å². The van der Waals surface area contributed by atoms with Crippen LogP contribution in [0.15, 0.2) is 65.8 Å². The Labute approximate surface area is 412 Å². The Morgan fingerprint density at radius 2 is 1.49 bits per heavy atom. The number of fused-ring (bicyclic) bond motifs is 1. The Kier molecular flexibility index (Phi) is 23.1. The number of aromatic amines is 1. The van der Waals surface area contributed by atoms with E-state index < -0.39 is 108 Å². The first kappa shape index (κ1) is 56.4. The largest absolute Gasteiger partial charge is 0.394 e. The van der Waals surface area contributed by atoms with Crippen LogP contribution in [0.4, 0.5) is 0 Å². The van der Waals surface area contributed by atoms with Gasteiger partial charge in [-0.25, -0.2) is 0 Å². The number of rotatable bonds is 17. The van der Waals surface area contributed by atoms with Crippen molar-refractivity contribution in [1.29, 1.82) is 0 Å². The van der Waals surface area contributed by atoms with Crippen molar-refractivity contribution < 1.29 is 48.3 Å². The number of guanidine groups is 1. The number of hydrogen-bond donors (Lipinski definition) is 12. The molecule has 3 aromatic rings. The van der Waals surface area contributed by atoms with E-state index in [0.29, 0.717) is 24.9 Å². The van der Waals surface area contributed by atoms with E-state index in [-0.39, 0.29) is 83.3 Å². The summed E-state index contributed by atoms with van der Waals surface area (Å²) in [6, 6.07) is 9.17. The standard InChI is InChI=1S/C49H70N12O10/c1-29(63)57-37(18-11-21-55-49(52)53)46(69)60-39-26-43(66)54-20-10-8-17-36(44(51)67)58-45(68)32(23-33-27-56-35-16-6-5-15-34(33)35)25-41(64)31(14-7-9-19-50)24-42(65)38(22-30-12-3-2-4-13-30)59-48(71)40(28-62)61-47(39)70/h2-6,12-13,15-16,27,31-32,36-40,56,62H,7-11,14,17-26,28,50H2,1H3,(H2,51,67)(H,54,66)(H,57,63)(H,58,68)(H,59,71)(H,60,69)(H,61,70)(H4,52,53,55)/t31-,32-,36+,37+,38-,39+,40+/m1/s1. The topological polar surface area (TPSA) is 378 Å². The fourth-order valence-corrected chi connectivity index (χ4v) is 8.40. The second-order valence-electron chi connectivity index (χ2n) is 17.9. The van der Waals surface area contributed by atoms with Gasteiger partial charge < -0.3 is 64.9 Å². The smallest absolute Gasteiger partial charge is 0.245 e. The summed E-state index contributed by atoms with van der Waals surface area (Å²) in [7, 11) is 0. The number of Topliss-reactive ketones (excluding diaryl/α,β-unsaturated/α-hetero) is 2. The van der Waals surface area contributed by atoms with Crippen molar-refractivity contribution in [3.8, 4) is 0 Å². The second kappa shape index (κ2) is 29.1. The Hall–Kier alpha value is -7.20. The van der Waals surface area contributed by atoms with Crippen LogP contribution >= 0.6 is 0 Å². The Bertz CT molecular complexity index is 2340. The molecule has 0 unspecified atom stereocenters. The summed E-state index contributed by atoms with van der Waals surface area (Å²) in [4.78, 5) is 130. The van der Waals surface area contributed by atoms with Crippen molar-refractivity contribution in [2.24, 2.45) is 39.8 Å². The molecule has 0 saturated carbocycles. The van der Waals surface area contributed by atoms with Crippen LogP contribution in [0.25, 0.3) is 10.9 Å². The average molecular weight is 987 g/mol. The van der Waals surface area contributed by atoms with Crippen molar-refractivity contribution in [2.75, 3.05) is 26.2 Å². The van der Waals surface area contributed by atoms with Crippen LogP contribution in [-0.2, 0) is 56.0 Å². The number of carbonyl (C=O) groups is 9. The summed E-state index contributed by atoms with van der Waals surface area (Å²) < 4.78 is 0. The monoisotopic (exact) mass is 987 g/mol. The third-order valence-corrected chi connectivity index (χ3v) is 12.2. The molecule has 0 radical (unpaired) electrons. The van der Waals surface area contributed by atoms with Crippen molar-refractivity contribution in [3.05, 3.63) is 71.9 Å². The first-order valence-electron chi connectivity index (χ1n) is 24.0. The highest BCUT2D eigenvalue weighted by molar-refractivity contribution is 5.99. The summed E-state index contributed by atoms with van der Waals surface area (Å²) >= 11 is 0. The Morgan fingerprint density at radius 1 is 0.789 bits per heavy atom. The minimum absolute atomic E-state index is 0.0260. The first-order chi connectivity index (χ1) is 34.0. The lowest BCUT2D eigenvalue weighted by atomic mass is 9.83. The lowest BCUT2D eigenvalue weighted by molar-refractivity contribution is -0.136. The molecule has 22 heteroatoms. The number of unbranched alkanes of at least 4 members (excludes halogenated alkanes) is 1. The van der Waals surface area contributed by atoms with Crippen molar-refractivity contribution in [1.82, 2.24) is 36.9 Å². The van der Waals surface area contributed by atoms with Crippen LogP contribution in [0.5, 0.6) is 0 Å². The number of benzene rings is 2. The van der Waals surface area contributed by atoms with Gasteiger partial charge in [0.1, 0.15) is 30.0 Å². The highest BCUT2D eigenvalue weighted by Crippen LogP contribution is 2.26. The zero-order chi connectivity index (χ0) is 51.9. The number of ketones is 2. The molecule has 2 heterocycles. The molecule has 71 heavy (non-hydrogen) atoms. The molecular formula is C49H70N12O10. The molecule has 0 spiro atoms.